The molecular weight excluding hydrogens is 248 g/mol. The molecule has 2 aromatic rings. The average molecular weight is 272 g/mol. The second-order valence-corrected chi connectivity index (χ2v) is 5.94. The molecule has 1 aromatic carbocycles. The van der Waals surface area contributed by atoms with Gasteiger partial charge in [-0.1, -0.05) is 18.2 Å². The van der Waals surface area contributed by atoms with Crippen molar-refractivity contribution in [2.24, 2.45) is 7.05 Å². The summed E-state index contributed by atoms with van der Waals surface area (Å²) < 4.78 is 8.54. The molecule has 3 heteroatoms. The Morgan fingerprint density at radius 2 is 2.15 bits per heavy atom. The first-order valence-corrected chi connectivity index (χ1v) is 7.53. The van der Waals surface area contributed by atoms with Gasteiger partial charge in [-0.25, -0.2) is 0 Å². The highest BCUT2D eigenvalue weighted by Crippen LogP contribution is 2.41. The van der Waals surface area contributed by atoms with E-state index in [1.807, 2.05) is 7.05 Å². The third-order valence-electron chi connectivity index (χ3n) is 4.57. The van der Waals surface area contributed by atoms with Crippen molar-refractivity contribution in [1.82, 2.24) is 9.88 Å². The molecule has 0 bridgehead atoms. The maximum Gasteiger partial charge on any atom is 0.106 e. The lowest BCUT2D eigenvalue weighted by atomic mass is 9.89. The Morgan fingerprint density at radius 3 is 2.95 bits per heavy atom. The van der Waals surface area contributed by atoms with E-state index in [2.05, 4.69) is 48.1 Å². The van der Waals surface area contributed by atoms with Crippen LogP contribution in [0.3, 0.4) is 0 Å². The topological polar surface area (TPSA) is 26.2 Å². The summed E-state index contributed by atoms with van der Waals surface area (Å²) in [5.41, 5.74) is 4.03. The molecule has 0 fully saturated rings. The second kappa shape index (κ2) is 5.23. The van der Waals surface area contributed by atoms with E-state index in [9.17, 15) is 0 Å². The van der Waals surface area contributed by atoms with Crippen LogP contribution in [0.1, 0.15) is 31.0 Å². The smallest absolute Gasteiger partial charge is 0.106 e. The summed E-state index contributed by atoms with van der Waals surface area (Å²) in [6, 6.07) is 8.71. The molecule has 1 aliphatic rings. The molecule has 1 atom stereocenters. The fourth-order valence-electron chi connectivity index (χ4n) is 3.64. The van der Waals surface area contributed by atoms with Gasteiger partial charge in [0, 0.05) is 18.0 Å². The number of aromatic nitrogens is 1. The maximum atomic E-state index is 6.20. The molecule has 0 aliphatic carbocycles. The van der Waals surface area contributed by atoms with E-state index in [0.717, 1.165) is 32.4 Å². The quantitative estimate of drug-likeness (QED) is 0.866. The van der Waals surface area contributed by atoms with Crippen molar-refractivity contribution >= 4 is 10.9 Å². The van der Waals surface area contributed by atoms with Crippen LogP contribution < -0.4 is 5.32 Å². The summed E-state index contributed by atoms with van der Waals surface area (Å²) in [5, 5.41) is 4.62. The number of hydrogen-bond donors (Lipinski definition) is 1. The summed E-state index contributed by atoms with van der Waals surface area (Å²) in [6.07, 6.45) is 3.22. The number of fused-ring (bicyclic) bond motifs is 3. The van der Waals surface area contributed by atoms with Crippen LogP contribution in [0.2, 0.25) is 0 Å². The zero-order chi connectivity index (χ0) is 14.2. The predicted molar refractivity (Wildman–Crippen MR) is 83.1 cm³/mol. The minimum Gasteiger partial charge on any atom is -0.369 e. The standard InChI is InChI=1S/C17H24N2O/c1-17(10-6-11-18-2)16-14(9-12-20-17)13-7-4-5-8-15(13)19(16)3/h4-5,7-8,18H,6,9-12H2,1-3H3. The van der Waals surface area contributed by atoms with E-state index in [1.165, 1.54) is 22.2 Å². The van der Waals surface area contributed by atoms with Crippen LogP contribution >= 0.6 is 0 Å². The summed E-state index contributed by atoms with van der Waals surface area (Å²) >= 11 is 0. The van der Waals surface area contributed by atoms with Gasteiger partial charge in [0.2, 0.25) is 0 Å². The molecule has 0 amide bonds. The minimum atomic E-state index is -0.155. The molecular formula is C17H24N2O. The van der Waals surface area contributed by atoms with Gasteiger partial charge in [-0.2, -0.15) is 0 Å². The summed E-state index contributed by atoms with van der Waals surface area (Å²) in [5.74, 6) is 0. The highest BCUT2D eigenvalue weighted by Gasteiger charge is 2.36. The number of nitrogens with one attached hydrogen (secondary N) is 1. The van der Waals surface area contributed by atoms with E-state index in [4.69, 9.17) is 4.74 Å². The van der Waals surface area contributed by atoms with Crippen molar-refractivity contribution in [2.75, 3.05) is 20.2 Å². The van der Waals surface area contributed by atoms with Crippen LogP contribution in [0.4, 0.5) is 0 Å². The van der Waals surface area contributed by atoms with Crippen LogP contribution in [-0.4, -0.2) is 24.8 Å². The van der Waals surface area contributed by atoms with Crippen LogP contribution in [0.25, 0.3) is 10.9 Å². The third-order valence-corrected chi connectivity index (χ3v) is 4.57. The van der Waals surface area contributed by atoms with Crippen LogP contribution in [-0.2, 0) is 23.8 Å². The van der Waals surface area contributed by atoms with Gasteiger partial charge in [-0.15, -0.1) is 0 Å². The Morgan fingerprint density at radius 1 is 1.35 bits per heavy atom. The summed E-state index contributed by atoms with van der Waals surface area (Å²) in [4.78, 5) is 0. The molecule has 3 nitrogen and oxygen atoms in total. The predicted octanol–water partition coefficient (Wildman–Crippen LogP) is 2.97. The Kier molecular flexibility index (Phi) is 3.57. The zero-order valence-corrected chi connectivity index (χ0v) is 12.7. The Balaban J connectivity index is 2.08. The van der Waals surface area contributed by atoms with Crippen molar-refractivity contribution in [2.45, 2.75) is 31.8 Å². The van der Waals surface area contributed by atoms with Gasteiger partial charge in [0.15, 0.2) is 0 Å². The molecule has 20 heavy (non-hydrogen) atoms. The summed E-state index contributed by atoms with van der Waals surface area (Å²) in [6.45, 7) is 4.12. The van der Waals surface area contributed by atoms with Crippen molar-refractivity contribution < 1.29 is 4.74 Å². The fraction of sp³-hybridized carbons (Fsp3) is 0.529. The number of benzene rings is 1. The van der Waals surface area contributed by atoms with E-state index >= 15 is 0 Å². The Bertz CT molecular complexity index is 617. The molecule has 1 aliphatic heterocycles. The van der Waals surface area contributed by atoms with Crippen molar-refractivity contribution in [3.63, 3.8) is 0 Å². The lowest BCUT2D eigenvalue weighted by Gasteiger charge is -2.35. The molecule has 108 valence electrons. The number of aryl methyl sites for hydroxylation is 1. The second-order valence-electron chi connectivity index (χ2n) is 5.94. The van der Waals surface area contributed by atoms with Gasteiger partial charge in [0.25, 0.3) is 0 Å². The zero-order valence-electron chi connectivity index (χ0n) is 12.7. The normalized spacial score (nSPS) is 22.1. The molecule has 1 aromatic heterocycles. The number of ether oxygens (including phenoxy) is 1. The number of rotatable bonds is 4. The first-order valence-electron chi connectivity index (χ1n) is 7.53. The van der Waals surface area contributed by atoms with E-state index < -0.39 is 0 Å². The highest BCUT2D eigenvalue weighted by atomic mass is 16.5. The highest BCUT2D eigenvalue weighted by molar-refractivity contribution is 5.86. The largest absolute Gasteiger partial charge is 0.369 e. The Labute approximate surface area is 120 Å². The average Bonchev–Trinajstić information content (AvgIpc) is 2.75. The van der Waals surface area contributed by atoms with Crippen molar-refractivity contribution in [3.8, 4) is 0 Å². The van der Waals surface area contributed by atoms with Crippen molar-refractivity contribution in [1.29, 1.82) is 0 Å². The molecule has 2 heterocycles. The molecule has 0 saturated carbocycles. The van der Waals surface area contributed by atoms with Crippen molar-refractivity contribution in [3.05, 3.63) is 35.5 Å². The Hall–Kier alpha value is -1.32. The lowest BCUT2D eigenvalue weighted by Crippen LogP contribution is -2.35. The van der Waals surface area contributed by atoms with Gasteiger partial charge in [0.05, 0.1) is 12.3 Å². The van der Waals surface area contributed by atoms with E-state index in [-0.39, 0.29) is 5.60 Å². The number of nitrogens with zero attached hydrogens (tertiary/aromatic N) is 1. The van der Waals surface area contributed by atoms with E-state index in [1.54, 1.807) is 0 Å². The fourth-order valence-corrected chi connectivity index (χ4v) is 3.64. The molecule has 0 spiro atoms. The number of hydrogen-bond acceptors (Lipinski definition) is 2. The molecule has 1 unspecified atom stereocenters. The van der Waals surface area contributed by atoms with Gasteiger partial charge in [-0.05, 0) is 51.4 Å². The first-order chi connectivity index (χ1) is 9.67. The third kappa shape index (κ3) is 2.05. The molecule has 1 N–H and O–H groups in total. The van der Waals surface area contributed by atoms with Gasteiger partial charge >= 0.3 is 0 Å². The van der Waals surface area contributed by atoms with Gasteiger partial charge in [0.1, 0.15) is 5.60 Å². The summed E-state index contributed by atoms with van der Waals surface area (Å²) in [7, 11) is 4.18. The number of para-hydroxylation sites is 1. The lowest BCUT2D eigenvalue weighted by molar-refractivity contribution is -0.0579. The first kappa shape index (κ1) is 13.7. The maximum absolute atomic E-state index is 6.20. The van der Waals surface area contributed by atoms with Crippen LogP contribution in [0.15, 0.2) is 24.3 Å². The molecule has 3 rings (SSSR count). The molecule has 0 radical (unpaired) electrons. The molecule has 0 saturated heterocycles. The van der Waals surface area contributed by atoms with E-state index in [0.29, 0.717) is 0 Å². The minimum absolute atomic E-state index is 0.155. The monoisotopic (exact) mass is 272 g/mol. The van der Waals surface area contributed by atoms with Gasteiger partial charge < -0.3 is 14.6 Å². The van der Waals surface area contributed by atoms with Crippen LogP contribution in [0.5, 0.6) is 0 Å². The SMILES string of the molecule is CNCCCC1(C)OCCc2c1n(C)c1ccccc21. The van der Waals surface area contributed by atoms with Gasteiger partial charge in [-0.3, -0.25) is 0 Å². The van der Waals surface area contributed by atoms with Crippen LogP contribution in [0, 0.1) is 0 Å².